The van der Waals surface area contributed by atoms with Gasteiger partial charge in [0.2, 0.25) is 5.91 Å². The Morgan fingerprint density at radius 3 is 2.84 bits per heavy atom. The Morgan fingerprint density at radius 2 is 2.03 bits per heavy atom. The third-order valence-electron chi connectivity index (χ3n) is 6.84. The van der Waals surface area contributed by atoms with E-state index >= 15 is 0 Å². The van der Waals surface area contributed by atoms with Crippen molar-refractivity contribution in [2.24, 2.45) is 5.73 Å². The highest BCUT2D eigenvalue weighted by Crippen LogP contribution is 2.30. The molecule has 1 aliphatic heterocycles. The fourth-order valence-electron chi connectivity index (χ4n) is 4.95. The number of aromatic nitrogens is 2. The van der Waals surface area contributed by atoms with Crippen LogP contribution in [0.25, 0.3) is 11.0 Å². The Bertz CT molecular complexity index is 1230. The molecule has 10 heteroatoms. The van der Waals surface area contributed by atoms with E-state index in [9.17, 15) is 9.59 Å². The minimum atomic E-state index is -0.488. The largest absolute Gasteiger partial charge is 0.497 e. The SMILES string of the molecule is COCCCn1c(C2CCCN(C(=O)CC(N)CNC(=O)Nc3cccc(OC)c3)C2)nc2ccccc21. The van der Waals surface area contributed by atoms with Crippen LogP contribution < -0.4 is 21.1 Å². The van der Waals surface area contributed by atoms with Crippen molar-refractivity contribution in [3.8, 4) is 5.75 Å². The van der Waals surface area contributed by atoms with Crippen LogP contribution in [-0.4, -0.2) is 72.9 Å². The molecule has 0 spiro atoms. The van der Waals surface area contributed by atoms with Crippen LogP contribution in [-0.2, 0) is 16.1 Å². The van der Waals surface area contributed by atoms with Crippen molar-refractivity contribution < 1.29 is 19.1 Å². The van der Waals surface area contributed by atoms with Gasteiger partial charge in [-0.3, -0.25) is 4.79 Å². The molecule has 1 saturated heterocycles. The monoisotopic (exact) mass is 522 g/mol. The minimum Gasteiger partial charge on any atom is -0.497 e. The summed E-state index contributed by atoms with van der Waals surface area (Å²) in [5.41, 5.74) is 8.92. The molecular formula is C28H38N6O4. The predicted octanol–water partition coefficient (Wildman–Crippen LogP) is 3.33. The first-order chi connectivity index (χ1) is 18.5. The molecule has 0 radical (unpaired) electrons. The van der Waals surface area contributed by atoms with Crippen LogP contribution in [0, 0.1) is 0 Å². The number of urea groups is 1. The number of anilines is 1. The number of hydrogen-bond acceptors (Lipinski definition) is 6. The van der Waals surface area contributed by atoms with Crippen LogP contribution in [0.5, 0.6) is 5.75 Å². The van der Waals surface area contributed by atoms with Gasteiger partial charge in [-0.25, -0.2) is 9.78 Å². The number of carbonyl (C=O) groups excluding carboxylic acids is 2. The lowest BCUT2D eigenvalue weighted by Crippen LogP contribution is -2.45. The number of fused-ring (bicyclic) bond motifs is 1. The molecule has 1 aliphatic rings. The van der Waals surface area contributed by atoms with Gasteiger partial charge in [-0.05, 0) is 43.5 Å². The number of nitrogens with one attached hydrogen (secondary N) is 2. The molecule has 3 aromatic rings. The number of piperidine rings is 1. The number of nitrogens with zero attached hydrogens (tertiary/aromatic N) is 3. The number of hydrogen-bond donors (Lipinski definition) is 3. The van der Waals surface area contributed by atoms with Crippen molar-refractivity contribution in [2.45, 2.75) is 44.2 Å². The molecule has 1 fully saturated rings. The number of carbonyl (C=O) groups is 2. The van der Waals surface area contributed by atoms with Crippen LogP contribution in [0.4, 0.5) is 10.5 Å². The summed E-state index contributed by atoms with van der Waals surface area (Å²) in [6.07, 6.45) is 2.95. The van der Waals surface area contributed by atoms with Gasteiger partial charge < -0.3 is 35.3 Å². The number of amides is 3. The summed E-state index contributed by atoms with van der Waals surface area (Å²) in [5.74, 6) is 1.83. The first kappa shape index (κ1) is 27.4. The van der Waals surface area contributed by atoms with Crippen LogP contribution in [0.1, 0.15) is 37.4 Å². The number of imidazole rings is 1. The highest BCUT2D eigenvalue weighted by molar-refractivity contribution is 5.89. The number of methoxy groups -OCH3 is 2. The zero-order chi connectivity index (χ0) is 26.9. The standard InChI is InChI=1S/C28H38N6O4/c1-37-15-7-14-34-25-12-4-3-11-24(25)32-27(34)20-8-6-13-33(19-20)26(35)16-21(29)18-30-28(36)31-22-9-5-10-23(17-22)38-2/h3-5,9-12,17,20-21H,6-8,13-16,18-19,29H2,1-2H3,(H2,30,31,36). The molecule has 38 heavy (non-hydrogen) atoms. The molecule has 2 atom stereocenters. The zero-order valence-electron chi connectivity index (χ0n) is 22.2. The number of aryl methyl sites for hydroxylation is 1. The smallest absolute Gasteiger partial charge is 0.319 e. The summed E-state index contributed by atoms with van der Waals surface area (Å²) in [6, 6.07) is 14.4. The number of benzene rings is 2. The second kappa shape index (κ2) is 13.3. The van der Waals surface area contributed by atoms with E-state index in [1.54, 1.807) is 38.5 Å². The van der Waals surface area contributed by atoms with Crippen LogP contribution in [0.2, 0.25) is 0 Å². The molecule has 4 rings (SSSR count). The number of ether oxygens (including phenoxy) is 2. The highest BCUT2D eigenvalue weighted by atomic mass is 16.5. The molecule has 2 aromatic carbocycles. The Hall–Kier alpha value is -3.63. The normalized spacial score (nSPS) is 16.3. The fraction of sp³-hybridized carbons (Fsp3) is 0.464. The summed E-state index contributed by atoms with van der Waals surface area (Å²) >= 11 is 0. The molecular weight excluding hydrogens is 484 g/mol. The van der Waals surface area contributed by atoms with Crippen LogP contribution in [0.3, 0.4) is 0 Å². The van der Waals surface area contributed by atoms with E-state index in [1.807, 2.05) is 23.1 Å². The van der Waals surface area contributed by atoms with Crippen molar-refractivity contribution in [1.82, 2.24) is 19.8 Å². The van der Waals surface area contributed by atoms with Gasteiger partial charge in [-0.15, -0.1) is 0 Å². The lowest BCUT2D eigenvalue weighted by molar-refractivity contribution is -0.132. The van der Waals surface area contributed by atoms with E-state index in [4.69, 9.17) is 20.2 Å². The van der Waals surface area contributed by atoms with Crippen LogP contribution >= 0.6 is 0 Å². The van der Waals surface area contributed by atoms with Crippen LogP contribution in [0.15, 0.2) is 48.5 Å². The third-order valence-corrected chi connectivity index (χ3v) is 6.84. The molecule has 10 nitrogen and oxygen atoms in total. The third kappa shape index (κ3) is 7.02. The molecule has 0 saturated carbocycles. The highest BCUT2D eigenvalue weighted by Gasteiger charge is 2.29. The summed E-state index contributed by atoms with van der Waals surface area (Å²) in [7, 11) is 3.28. The Labute approximate surface area is 223 Å². The van der Waals surface area contributed by atoms with Crippen molar-refractivity contribution in [3.63, 3.8) is 0 Å². The lowest BCUT2D eigenvalue weighted by Gasteiger charge is -2.33. The average molecular weight is 523 g/mol. The van der Waals surface area contributed by atoms with E-state index < -0.39 is 6.04 Å². The van der Waals surface area contributed by atoms with E-state index in [0.717, 1.165) is 42.7 Å². The number of likely N-dealkylation sites (tertiary alicyclic amines) is 1. The first-order valence-electron chi connectivity index (χ1n) is 13.1. The summed E-state index contributed by atoms with van der Waals surface area (Å²) in [6.45, 7) is 3.01. The topological polar surface area (TPSA) is 124 Å². The van der Waals surface area contributed by atoms with Gasteiger partial charge in [0.25, 0.3) is 0 Å². The second-order valence-corrected chi connectivity index (χ2v) is 9.67. The average Bonchev–Trinajstić information content (AvgIpc) is 3.31. The first-order valence-corrected chi connectivity index (χ1v) is 13.1. The molecule has 3 amide bonds. The van der Waals surface area contributed by atoms with E-state index in [0.29, 0.717) is 31.1 Å². The number of nitrogens with two attached hydrogens (primary N) is 1. The van der Waals surface area contributed by atoms with Crippen molar-refractivity contribution in [3.05, 3.63) is 54.4 Å². The molecule has 0 aliphatic carbocycles. The molecule has 1 aromatic heterocycles. The van der Waals surface area contributed by atoms with Crippen molar-refractivity contribution >= 4 is 28.7 Å². The van der Waals surface area contributed by atoms with Gasteiger partial charge >= 0.3 is 6.03 Å². The summed E-state index contributed by atoms with van der Waals surface area (Å²) in [5, 5.41) is 5.50. The van der Waals surface area contributed by atoms with Gasteiger partial charge in [-0.1, -0.05) is 18.2 Å². The Balaban J connectivity index is 1.32. The van der Waals surface area contributed by atoms with Crippen molar-refractivity contribution in [1.29, 1.82) is 0 Å². The van der Waals surface area contributed by atoms with Crippen molar-refractivity contribution in [2.75, 3.05) is 45.8 Å². The lowest BCUT2D eigenvalue weighted by atomic mass is 9.96. The maximum absolute atomic E-state index is 13.1. The Kier molecular flexibility index (Phi) is 9.56. The molecule has 4 N–H and O–H groups in total. The maximum atomic E-state index is 13.1. The fourth-order valence-corrected chi connectivity index (χ4v) is 4.95. The molecule has 2 unspecified atom stereocenters. The molecule has 0 bridgehead atoms. The van der Waals surface area contributed by atoms with Gasteiger partial charge in [0, 0.05) is 70.0 Å². The van der Waals surface area contributed by atoms with Gasteiger partial charge in [0.15, 0.2) is 0 Å². The van der Waals surface area contributed by atoms with Gasteiger partial charge in [0.05, 0.1) is 18.1 Å². The summed E-state index contributed by atoms with van der Waals surface area (Å²) < 4.78 is 12.7. The maximum Gasteiger partial charge on any atom is 0.319 e. The predicted molar refractivity (Wildman–Crippen MR) is 147 cm³/mol. The van der Waals surface area contributed by atoms with Gasteiger partial charge in [-0.2, -0.15) is 0 Å². The Morgan fingerprint density at radius 1 is 1.18 bits per heavy atom. The quantitative estimate of drug-likeness (QED) is 0.332. The summed E-state index contributed by atoms with van der Waals surface area (Å²) in [4.78, 5) is 32.2. The van der Waals surface area contributed by atoms with E-state index in [-0.39, 0.29) is 30.8 Å². The minimum absolute atomic E-state index is 0.000696. The number of para-hydroxylation sites is 2. The van der Waals surface area contributed by atoms with E-state index in [2.05, 4.69) is 21.3 Å². The molecule has 2 heterocycles. The zero-order valence-corrected chi connectivity index (χ0v) is 22.2. The van der Waals surface area contributed by atoms with Gasteiger partial charge in [0.1, 0.15) is 11.6 Å². The second-order valence-electron chi connectivity index (χ2n) is 9.67. The number of rotatable bonds is 11. The van der Waals surface area contributed by atoms with E-state index in [1.165, 1.54) is 0 Å². The molecule has 204 valence electrons.